The smallest absolute Gasteiger partial charge is 0.333 e. The lowest BCUT2D eigenvalue weighted by molar-refractivity contribution is -0.133. The van der Waals surface area contributed by atoms with E-state index >= 15 is 0 Å². The second-order valence-corrected chi connectivity index (χ2v) is 11.8. The second kappa shape index (κ2) is 9.91. The molecule has 0 saturated carbocycles. The number of carbonyl (C=O) groups is 1. The number of hydrogen-bond acceptors (Lipinski definition) is 4. The molecule has 2 atom stereocenters. The zero-order chi connectivity index (χ0) is 26.1. The molecule has 188 valence electrons. The lowest BCUT2D eigenvalue weighted by Crippen LogP contribution is -2.42. The molecule has 0 unspecified atom stereocenters. The van der Waals surface area contributed by atoms with Gasteiger partial charge in [-0.15, -0.1) is 0 Å². The maximum absolute atomic E-state index is 14.2. The lowest BCUT2D eigenvalue weighted by atomic mass is 9.84. The van der Waals surface area contributed by atoms with Crippen molar-refractivity contribution in [3.05, 3.63) is 107 Å². The first-order valence-electron chi connectivity index (χ1n) is 11.8. The van der Waals surface area contributed by atoms with Crippen molar-refractivity contribution < 1.29 is 23.1 Å². The van der Waals surface area contributed by atoms with Gasteiger partial charge in [0.15, 0.2) is 0 Å². The monoisotopic (exact) mass is 505 g/mol. The Bertz CT molecular complexity index is 1360. The number of carboxylic acids is 1. The molecule has 1 N–H and O–H groups in total. The average molecular weight is 506 g/mol. The highest BCUT2D eigenvalue weighted by Gasteiger charge is 2.44. The summed E-state index contributed by atoms with van der Waals surface area (Å²) in [6.45, 7) is 6.28. The summed E-state index contributed by atoms with van der Waals surface area (Å²) in [4.78, 5) is 12.5. The molecule has 0 fully saturated rings. The van der Waals surface area contributed by atoms with Crippen molar-refractivity contribution in [1.29, 1.82) is 0 Å². The molecule has 1 aliphatic heterocycles. The van der Waals surface area contributed by atoms with E-state index in [-0.39, 0.29) is 22.3 Å². The second-order valence-electron chi connectivity index (χ2n) is 9.91. The summed E-state index contributed by atoms with van der Waals surface area (Å²) >= 11 is 0. The number of ether oxygens (including phenoxy) is 1. The zero-order valence-electron chi connectivity index (χ0n) is 20.9. The quantitative estimate of drug-likeness (QED) is 0.452. The molecule has 0 aromatic heterocycles. The SMILES string of the molecule is COc1ccc([C@@H]2CC=C(C(=O)O)[C@H](c3ccc(C(C)(C)C)cc3)N2S(=O)(=O)c2ccccc2)cc1. The average Bonchev–Trinajstić information content (AvgIpc) is 2.88. The summed E-state index contributed by atoms with van der Waals surface area (Å²) < 4.78 is 34.9. The van der Waals surface area contributed by atoms with Crippen LogP contribution in [-0.2, 0) is 20.2 Å². The van der Waals surface area contributed by atoms with Crippen LogP contribution in [0, 0.1) is 0 Å². The van der Waals surface area contributed by atoms with E-state index in [1.807, 2.05) is 36.4 Å². The van der Waals surface area contributed by atoms with Crippen LogP contribution in [0.5, 0.6) is 5.75 Å². The van der Waals surface area contributed by atoms with Crippen LogP contribution in [0.4, 0.5) is 0 Å². The standard InChI is InChI=1S/C29H31NO5S/c1-29(2,3)22-14-10-21(11-15-22)27-25(28(31)32)18-19-26(20-12-16-23(35-4)17-13-20)30(27)36(33,34)24-8-6-5-7-9-24/h5-18,26-27H,19H2,1-4H3,(H,31,32)/t26-,27-/m0/s1. The molecule has 0 aliphatic carbocycles. The number of sulfonamides is 1. The molecule has 0 spiro atoms. The van der Waals surface area contributed by atoms with Gasteiger partial charge in [0, 0.05) is 0 Å². The molecule has 3 aromatic carbocycles. The maximum atomic E-state index is 14.2. The molecule has 6 nitrogen and oxygen atoms in total. The third-order valence-electron chi connectivity index (χ3n) is 6.58. The predicted octanol–water partition coefficient (Wildman–Crippen LogP) is 5.88. The zero-order valence-corrected chi connectivity index (χ0v) is 21.7. The van der Waals surface area contributed by atoms with Gasteiger partial charge in [-0.05, 0) is 52.8 Å². The fourth-order valence-electron chi connectivity index (χ4n) is 4.60. The summed E-state index contributed by atoms with van der Waals surface area (Å²) in [5, 5.41) is 10.1. The van der Waals surface area contributed by atoms with E-state index in [0.29, 0.717) is 11.3 Å². The van der Waals surface area contributed by atoms with E-state index in [0.717, 1.165) is 11.1 Å². The van der Waals surface area contributed by atoms with Crippen molar-refractivity contribution in [2.45, 2.75) is 49.6 Å². The fourth-order valence-corrected chi connectivity index (χ4v) is 6.40. The van der Waals surface area contributed by atoms with Gasteiger partial charge in [-0.25, -0.2) is 13.2 Å². The van der Waals surface area contributed by atoms with E-state index in [1.165, 1.54) is 4.31 Å². The molecular formula is C29H31NO5S. The molecule has 36 heavy (non-hydrogen) atoms. The number of benzene rings is 3. The number of hydrogen-bond donors (Lipinski definition) is 1. The first-order chi connectivity index (χ1) is 17.0. The van der Waals surface area contributed by atoms with Crippen molar-refractivity contribution >= 4 is 16.0 Å². The molecule has 4 rings (SSSR count). The Labute approximate surface area is 212 Å². The summed E-state index contributed by atoms with van der Waals surface area (Å²) in [5.41, 5.74) is 2.38. The summed E-state index contributed by atoms with van der Waals surface area (Å²) in [5.74, 6) is -0.482. The van der Waals surface area contributed by atoms with Gasteiger partial charge < -0.3 is 9.84 Å². The fraction of sp³-hybridized carbons (Fsp3) is 0.276. The highest BCUT2D eigenvalue weighted by molar-refractivity contribution is 7.89. The van der Waals surface area contributed by atoms with Crippen molar-refractivity contribution in [3.63, 3.8) is 0 Å². The van der Waals surface area contributed by atoms with Gasteiger partial charge in [0.05, 0.1) is 29.7 Å². The minimum atomic E-state index is -4.08. The summed E-state index contributed by atoms with van der Waals surface area (Å²) in [7, 11) is -2.51. The minimum Gasteiger partial charge on any atom is -0.497 e. The first kappa shape index (κ1) is 25.7. The highest BCUT2D eigenvalue weighted by Crippen LogP contribution is 2.46. The largest absolute Gasteiger partial charge is 0.497 e. The minimum absolute atomic E-state index is 0.0442. The Morgan fingerprint density at radius 3 is 2.03 bits per heavy atom. The van der Waals surface area contributed by atoms with Gasteiger partial charge in [-0.2, -0.15) is 4.31 Å². The van der Waals surface area contributed by atoms with Crippen LogP contribution in [0.2, 0.25) is 0 Å². The highest BCUT2D eigenvalue weighted by atomic mass is 32.2. The molecule has 1 aliphatic rings. The van der Waals surface area contributed by atoms with Crippen molar-refractivity contribution in [2.75, 3.05) is 7.11 Å². The topological polar surface area (TPSA) is 83.9 Å². The molecule has 7 heteroatoms. The van der Waals surface area contributed by atoms with Gasteiger partial charge >= 0.3 is 5.97 Å². The third kappa shape index (κ3) is 4.94. The van der Waals surface area contributed by atoms with Crippen LogP contribution >= 0.6 is 0 Å². The molecular weight excluding hydrogens is 474 g/mol. The van der Waals surface area contributed by atoms with Gasteiger partial charge in [0.2, 0.25) is 10.0 Å². The van der Waals surface area contributed by atoms with E-state index in [9.17, 15) is 18.3 Å². The van der Waals surface area contributed by atoms with Gasteiger partial charge in [0.25, 0.3) is 0 Å². The lowest BCUT2D eigenvalue weighted by Gasteiger charge is -2.40. The summed E-state index contributed by atoms with van der Waals surface area (Å²) in [6.07, 6.45) is 1.88. The number of rotatable bonds is 6. The third-order valence-corrected chi connectivity index (χ3v) is 8.46. The van der Waals surface area contributed by atoms with E-state index in [4.69, 9.17) is 4.74 Å². The molecule has 0 radical (unpaired) electrons. The van der Waals surface area contributed by atoms with E-state index in [1.54, 1.807) is 55.7 Å². The number of aliphatic carboxylic acids is 1. The molecule has 0 bridgehead atoms. The first-order valence-corrected chi connectivity index (χ1v) is 13.2. The van der Waals surface area contributed by atoms with Crippen LogP contribution in [0.1, 0.15) is 56.0 Å². The Hall–Kier alpha value is -3.42. The molecule has 3 aromatic rings. The van der Waals surface area contributed by atoms with E-state index < -0.39 is 28.1 Å². The van der Waals surface area contributed by atoms with Crippen LogP contribution in [-0.4, -0.2) is 30.9 Å². The van der Waals surface area contributed by atoms with Crippen LogP contribution < -0.4 is 4.74 Å². The van der Waals surface area contributed by atoms with Crippen molar-refractivity contribution in [1.82, 2.24) is 4.31 Å². The number of methoxy groups -OCH3 is 1. The van der Waals surface area contributed by atoms with Gasteiger partial charge in [-0.1, -0.05) is 81.4 Å². The Morgan fingerprint density at radius 2 is 1.50 bits per heavy atom. The van der Waals surface area contributed by atoms with Gasteiger partial charge in [-0.3, -0.25) is 0 Å². The maximum Gasteiger partial charge on any atom is 0.333 e. The van der Waals surface area contributed by atoms with Crippen LogP contribution in [0.3, 0.4) is 0 Å². The van der Waals surface area contributed by atoms with Crippen molar-refractivity contribution in [3.8, 4) is 5.75 Å². The predicted molar refractivity (Wildman–Crippen MR) is 139 cm³/mol. The van der Waals surface area contributed by atoms with E-state index in [2.05, 4.69) is 20.8 Å². The Morgan fingerprint density at radius 1 is 0.917 bits per heavy atom. The molecule has 0 saturated heterocycles. The number of carboxylic acid groups (broad SMARTS) is 1. The Balaban J connectivity index is 1.93. The van der Waals surface area contributed by atoms with Gasteiger partial charge in [0.1, 0.15) is 5.75 Å². The Kier molecular flexibility index (Phi) is 7.07. The van der Waals surface area contributed by atoms with Crippen LogP contribution in [0.25, 0.3) is 0 Å². The normalized spacial score (nSPS) is 18.9. The van der Waals surface area contributed by atoms with Crippen molar-refractivity contribution in [2.24, 2.45) is 0 Å². The summed E-state index contributed by atoms with van der Waals surface area (Å²) in [6, 6.07) is 21.4. The molecule has 1 heterocycles. The molecule has 0 amide bonds. The van der Waals surface area contributed by atoms with Crippen LogP contribution in [0.15, 0.2) is 95.4 Å². The number of nitrogens with zero attached hydrogens (tertiary/aromatic N) is 1.